The quantitative estimate of drug-likeness (QED) is 0.390. The largest absolute Gasteiger partial charge is 1.00 e. The van der Waals surface area contributed by atoms with Crippen molar-refractivity contribution in [1.29, 1.82) is 0 Å². The number of piperazine rings is 1. The Bertz CT molecular complexity index is 69.5. The van der Waals surface area contributed by atoms with Crippen molar-refractivity contribution in [2.75, 3.05) is 13.1 Å². The molecule has 1 heterocycles. The van der Waals surface area contributed by atoms with Gasteiger partial charge in [-0.1, -0.05) is 13.8 Å². The molecule has 0 aromatic rings. The van der Waals surface area contributed by atoms with Crippen LogP contribution in [0.4, 0.5) is 0 Å². The van der Waals surface area contributed by atoms with Gasteiger partial charge in [-0.2, -0.15) is 0 Å². The third-order valence-electron chi connectivity index (χ3n) is 1.39. The predicted octanol–water partition coefficient (Wildman–Crippen LogP) is -2.26. The Morgan fingerprint density at radius 2 is 1.67 bits per heavy atom. The molecule has 1 N–H and O–H groups in total. The molecule has 0 saturated carbocycles. The maximum absolute atomic E-state index is 4.42. The zero-order valence-electron chi connectivity index (χ0n) is 6.52. The van der Waals surface area contributed by atoms with E-state index in [-0.39, 0.29) is 51.4 Å². The molecule has 0 spiro atoms. The first-order valence-corrected chi connectivity index (χ1v) is 3.19. The fourth-order valence-electron chi connectivity index (χ4n) is 1.04. The summed E-state index contributed by atoms with van der Waals surface area (Å²) in [5.41, 5.74) is 0. The molecule has 0 aromatic heterocycles. The van der Waals surface area contributed by atoms with Gasteiger partial charge in [0.25, 0.3) is 0 Å². The van der Waals surface area contributed by atoms with Crippen molar-refractivity contribution in [3.8, 4) is 0 Å². The average Bonchev–Trinajstić information content (AvgIpc) is 1.64. The minimum Gasteiger partial charge on any atom is -0.655 e. The van der Waals surface area contributed by atoms with Crippen LogP contribution in [-0.4, -0.2) is 25.2 Å². The first-order chi connectivity index (χ1) is 3.79. The second-order valence-corrected chi connectivity index (χ2v) is 2.51. The van der Waals surface area contributed by atoms with Crippen molar-refractivity contribution in [1.82, 2.24) is 5.32 Å². The number of nitrogens with one attached hydrogen (secondary N) is 1. The Hall–Kier alpha value is 1.56. The molecule has 0 aromatic carbocycles. The molecule has 3 heteroatoms. The second-order valence-electron chi connectivity index (χ2n) is 2.51. The normalized spacial score (nSPS) is 35.3. The number of nitrogens with zero attached hydrogens (tertiary/aromatic N) is 1. The molecule has 48 valence electrons. The molecule has 1 rings (SSSR count). The fraction of sp³-hybridized carbons (Fsp3) is 1.00. The Kier molecular flexibility index (Phi) is 6.14. The summed E-state index contributed by atoms with van der Waals surface area (Å²) in [7, 11) is 0. The Morgan fingerprint density at radius 1 is 1.22 bits per heavy atom. The van der Waals surface area contributed by atoms with Crippen LogP contribution in [0.25, 0.3) is 5.32 Å². The van der Waals surface area contributed by atoms with E-state index in [4.69, 9.17) is 0 Å². The molecule has 2 atom stereocenters. The van der Waals surface area contributed by atoms with E-state index in [1.165, 1.54) is 0 Å². The SMILES string of the molecule is CC1CNCC(C)[N-]1.[K+]. The molecule has 0 bridgehead atoms. The number of rotatable bonds is 0. The van der Waals surface area contributed by atoms with E-state index in [0.29, 0.717) is 12.1 Å². The van der Waals surface area contributed by atoms with Crippen molar-refractivity contribution in [2.24, 2.45) is 0 Å². The van der Waals surface area contributed by atoms with Crippen LogP contribution in [0, 0.1) is 0 Å². The van der Waals surface area contributed by atoms with Crippen LogP contribution in [0.15, 0.2) is 0 Å². The minimum absolute atomic E-state index is 0. The number of hydrogen-bond acceptors (Lipinski definition) is 1. The molecular formula is C6H13KN2. The Balaban J connectivity index is 0.000000640. The third kappa shape index (κ3) is 4.09. The summed E-state index contributed by atoms with van der Waals surface area (Å²) in [4.78, 5) is 0. The van der Waals surface area contributed by atoms with Gasteiger partial charge in [0.05, 0.1) is 0 Å². The Labute approximate surface area is 99.6 Å². The van der Waals surface area contributed by atoms with Crippen LogP contribution in [0.3, 0.4) is 0 Å². The van der Waals surface area contributed by atoms with Gasteiger partial charge in [-0.3, -0.25) is 0 Å². The minimum atomic E-state index is 0. The average molecular weight is 152 g/mol. The molecule has 1 fully saturated rings. The van der Waals surface area contributed by atoms with Gasteiger partial charge in [0, 0.05) is 0 Å². The summed E-state index contributed by atoms with van der Waals surface area (Å²) < 4.78 is 0. The molecule has 1 aliphatic rings. The summed E-state index contributed by atoms with van der Waals surface area (Å²) in [6.45, 7) is 6.40. The number of hydrogen-bond donors (Lipinski definition) is 1. The van der Waals surface area contributed by atoms with Crippen LogP contribution in [-0.2, 0) is 0 Å². The van der Waals surface area contributed by atoms with E-state index in [1.54, 1.807) is 0 Å². The smallest absolute Gasteiger partial charge is 0.655 e. The summed E-state index contributed by atoms with van der Waals surface area (Å²) in [5, 5.41) is 7.71. The Morgan fingerprint density at radius 3 is 1.89 bits per heavy atom. The molecule has 1 aliphatic heterocycles. The topological polar surface area (TPSA) is 26.1 Å². The van der Waals surface area contributed by atoms with E-state index in [0.717, 1.165) is 13.1 Å². The summed E-state index contributed by atoms with van der Waals surface area (Å²) >= 11 is 0. The van der Waals surface area contributed by atoms with E-state index in [1.807, 2.05) is 0 Å². The molecule has 1 saturated heterocycles. The zero-order chi connectivity index (χ0) is 5.98. The van der Waals surface area contributed by atoms with Crippen molar-refractivity contribution in [2.45, 2.75) is 25.9 Å². The summed E-state index contributed by atoms with van der Waals surface area (Å²) in [6, 6.07) is 1.05. The molecular weight excluding hydrogens is 139 g/mol. The molecule has 0 aliphatic carbocycles. The monoisotopic (exact) mass is 152 g/mol. The molecule has 2 unspecified atom stereocenters. The van der Waals surface area contributed by atoms with Crippen molar-refractivity contribution < 1.29 is 51.4 Å². The third-order valence-corrected chi connectivity index (χ3v) is 1.39. The van der Waals surface area contributed by atoms with Crippen LogP contribution < -0.4 is 56.7 Å². The fourth-order valence-corrected chi connectivity index (χ4v) is 1.04. The van der Waals surface area contributed by atoms with Crippen LogP contribution >= 0.6 is 0 Å². The van der Waals surface area contributed by atoms with Crippen molar-refractivity contribution in [3.05, 3.63) is 5.32 Å². The van der Waals surface area contributed by atoms with E-state index >= 15 is 0 Å². The van der Waals surface area contributed by atoms with Gasteiger partial charge in [0.15, 0.2) is 0 Å². The maximum atomic E-state index is 4.42. The molecule has 0 radical (unpaired) electrons. The van der Waals surface area contributed by atoms with Crippen LogP contribution in [0.1, 0.15) is 13.8 Å². The van der Waals surface area contributed by atoms with Gasteiger partial charge < -0.3 is 10.6 Å². The molecule has 0 amide bonds. The van der Waals surface area contributed by atoms with Gasteiger partial charge in [0.1, 0.15) is 0 Å². The summed E-state index contributed by atoms with van der Waals surface area (Å²) in [6.07, 6.45) is 0. The van der Waals surface area contributed by atoms with Gasteiger partial charge >= 0.3 is 51.4 Å². The first-order valence-electron chi connectivity index (χ1n) is 3.19. The second kappa shape index (κ2) is 5.24. The van der Waals surface area contributed by atoms with Crippen LogP contribution in [0.5, 0.6) is 0 Å². The van der Waals surface area contributed by atoms with Crippen molar-refractivity contribution >= 4 is 0 Å². The van der Waals surface area contributed by atoms with Gasteiger partial charge in [-0.25, -0.2) is 0 Å². The van der Waals surface area contributed by atoms with Gasteiger partial charge in [-0.15, -0.1) is 12.1 Å². The summed E-state index contributed by atoms with van der Waals surface area (Å²) in [5.74, 6) is 0. The molecule has 2 nitrogen and oxygen atoms in total. The van der Waals surface area contributed by atoms with Crippen molar-refractivity contribution in [3.63, 3.8) is 0 Å². The molecule has 9 heavy (non-hydrogen) atoms. The van der Waals surface area contributed by atoms with Crippen LogP contribution in [0.2, 0.25) is 0 Å². The van der Waals surface area contributed by atoms with E-state index in [9.17, 15) is 0 Å². The predicted molar refractivity (Wildman–Crippen MR) is 35.2 cm³/mol. The first kappa shape index (κ1) is 10.6. The van der Waals surface area contributed by atoms with E-state index in [2.05, 4.69) is 24.5 Å². The standard InChI is InChI=1S/C6H13N2.K/c1-5-3-7-4-6(2)8-5;/h5-7H,3-4H2,1-2H3;/q-1;+1. The van der Waals surface area contributed by atoms with Gasteiger partial charge in [-0.05, 0) is 13.1 Å². The van der Waals surface area contributed by atoms with Gasteiger partial charge in [0.2, 0.25) is 0 Å². The zero-order valence-corrected chi connectivity index (χ0v) is 9.64. The maximum Gasteiger partial charge on any atom is 1.00 e. The van der Waals surface area contributed by atoms with E-state index < -0.39 is 0 Å².